The molecule has 3 heterocycles. The van der Waals surface area contributed by atoms with Crippen molar-refractivity contribution in [2.75, 3.05) is 13.1 Å². The Labute approximate surface area is 62.7 Å². The molecule has 0 spiro atoms. The van der Waals surface area contributed by atoms with E-state index in [1.54, 1.807) is 0 Å². The van der Waals surface area contributed by atoms with Crippen molar-refractivity contribution in [1.82, 2.24) is 4.90 Å². The zero-order valence-corrected chi connectivity index (χ0v) is 6.64. The molecule has 0 amide bonds. The van der Waals surface area contributed by atoms with Crippen LogP contribution in [0.15, 0.2) is 12.3 Å². The molecule has 3 aliphatic rings. The van der Waals surface area contributed by atoms with Crippen molar-refractivity contribution in [3.05, 3.63) is 12.3 Å². The van der Waals surface area contributed by atoms with E-state index in [2.05, 4.69) is 18.4 Å². The van der Waals surface area contributed by atoms with E-state index >= 15 is 0 Å². The lowest BCUT2D eigenvalue weighted by molar-refractivity contribution is 0.113. The van der Waals surface area contributed by atoms with E-state index < -0.39 is 0 Å². The molecule has 0 aromatic heterocycles. The van der Waals surface area contributed by atoms with Crippen LogP contribution in [0, 0.1) is 11.8 Å². The van der Waals surface area contributed by atoms with Crippen LogP contribution in [-0.2, 0) is 0 Å². The lowest BCUT2D eigenvalue weighted by Gasteiger charge is -2.46. The fourth-order valence-corrected chi connectivity index (χ4v) is 2.25. The first-order valence-corrected chi connectivity index (χ1v) is 4.23. The third-order valence-electron chi connectivity index (χ3n) is 3.18. The van der Waals surface area contributed by atoms with Gasteiger partial charge in [-0.3, -0.25) is 0 Å². The number of fused-ring (bicyclic) bond motifs is 3. The summed E-state index contributed by atoms with van der Waals surface area (Å²) in [5, 5.41) is 0. The molecule has 1 heteroatoms. The highest BCUT2D eigenvalue weighted by atomic mass is 15.2. The van der Waals surface area contributed by atoms with E-state index in [4.69, 9.17) is 0 Å². The third-order valence-corrected chi connectivity index (χ3v) is 3.18. The summed E-state index contributed by atoms with van der Waals surface area (Å²) in [6, 6.07) is 0. The predicted octanol–water partition coefficient (Wildman–Crippen LogP) is 1.86. The fraction of sp³-hybridized carbons (Fsp3) is 0.778. The van der Waals surface area contributed by atoms with Crippen LogP contribution in [0.25, 0.3) is 0 Å². The molecule has 1 nitrogen and oxygen atoms in total. The molecular weight excluding hydrogens is 122 g/mol. The molecule has 0 aromatic carbocycles. The van der Waals surface area contributed by atoms with Crippen LogP contribution in [0.1, 0.15) is 19.8 Å². The SMILES string of the molecule is C=C1[C@H](C)C2CCN1CC2. The van der Waals surface area contributed by atoms with Gasteiger partial charge < -0.3 is 4.90 Å². The molecular formula is C9H15N. The predicted molar refractivity (Wildman–Crippen MR) is 42.6 cm³/mol. The van der Waals surface area contributed by atoms with Gasteiger partial charge in [0.05, 0.1) is 0 Å². The van der Waals surface area contributed by atoms with Crippen molar-refractivity contribution < 1.29 is 0 Å². The topological polar surface area (TPSA) is 3.24 Å². The second kappa shape index (κ2) is 2.01. The van der Waals surface area contributed by atoms with Crippen molar-refractivity contribution in [3.8, 4) is 0 Å². The summed E-state index contributed by atoms with van der Waals surface area (Å²) >= 11 is 0. The molecule has 3 fully saturated rings. The molecule has 0 saturated carbocycles. The van der Waals surface area contributed by atoms with Crippen molar-refractivity contribution in [3.63, 3.8) is 0 Å². The first kappa shape index (κ1) is 6.26. The zero-order chi connectivity index (χ0) is 7.14. The van der Waals surface area contributed by atoms with Gasteiger partial charge in [0.2, 0.25) is 0 Å². The molecule has 0 N–H and O–H groups in total. The average Bonchev–Trinajstić information content (AvgIpc) is 2.00. The Morgan fingerprint density at radius 1 is 1.40 bits per heavy atom. The first-order chi connectivity index (χ1) is 4.79. The molecule has 0 unspecified atom stereocenters. The van der Waals surface area contributed by atoms with Gasteiger partial charge in [0.25, 0.3) is 0 Å². The molecule has 56 valence electrons. The van der Waals surface area contributed by atoms with Gasteiger partial charge in [-0.15, -0.1) is 0 Å². The monoisotopic (exact) mass is 137 g/mol. The Morgan fingerprint density at radius 2 is 2.00 bits per heavy atom. The highest BCUT2D eigenvalue weighted by Crippen LogP contribution is 2.37. The van der Waals surface area contributed by atoms with Crippen molar-refractivity contribution >= 4 is 0 Å². The molecule has 3 saturated heterocycles. The maximum atomic E-state index is 4.10. The van der Waals surface area contributed by atoms with E-state index in [9.17, 15) is 0 Å². The summed E-state index contributed by atoms with van der Waals surface area (Å²) in [4.78, 5) is 2.45. The number of allylic oxidation sites excluding steroid dienone is 1. The van der Waals surface area contributed by atoms with E-state index in [0.29, 0.717) is 0 Å². The smallest absolute Gasteiger partial charge is 0.0177 e. The summed E-state index contributed by atoms with van der Waals surface area (Å²) in [5.74, 6) is 1.72. The molecule has 1 atom stereocenters. The maximum Gasteiger partial charge on any atom is 0.0177 e. The van der Waals surface area contributed by atoms with E-state index in [0.717, 1.165) is 11.8 Å². The number of piperidine rings is 3. The minimum absolute atomic E-state index is 0.766. The van der Waals surface area contributed by atoms with Crippen LogP contribution >= 0.6 is 0 Å². The molecule has 0 radical (unpaired) electrons. The Bertz CT molecular complexity index is 150. The lowest BCUT2D eigenvalue weighted by atomic mass is 9.78. The Morgan fingerprint density at radius 3 is 2.30 bits per heavy atom. The van der Waals surface area contributed by atoms with E-state index in [1.807, 2.05) is 0 Å². The van der Waals surface area contributed by atoms with Crippen LogP contribution in [-0.4, -0.2) is 18.0 Å². The van der Waals surface area contributed by atoms with E-state index in [-0.39, 0.29) is 0 Å². The van der Waals surface area contributed by atoms with Gasteiger partial charge in [-0.25, -0.2) is 0 Å². The van der Waals surface area contributed by atoms with Crippen LogP contribution in [0.4, 0.5) is 0 Å². The molecule has 10 heavy (non-hydrogen) atoms. The largest absolute Gasteiger partial charge is 0.375 e. The van der Waals surface area contributed by atoms with Crippen LogP contribution in [0.5, 0.6) is 0 Å². The Hall–Kier alpha value is -0.460. The lowest BCUT2D eigenvalue weighted by Crippen LogP contribution is -2.44. The van der Waals surface area contributed by atoms with Crippen molar-refractivity contribution in [2.24, 2.45) is 11.8 Å². The van der Waals surface area contributed by atoms with Crippen LogP contribution in [0.3, 0.4) is 0 Å². The standard InChI is InChI=1S/C9H15N/c1-7-8(2)10-5-3-9(7)4-6-10/h7,9H,2-6H2,1H3/t7-/m0/s1. The Kier molecular flexibility index (Phi) is 1.26. The van der Waals surface area contributed by atoms with Gasteiger partial charge in [0.1, 0.15) is 0 Å². The molecule has 3 rings (SSSR count). The molecule has 0 aromatic rings. The van der Waals surface area contributed by atoms with Gasteiger partial charge >= 0.3 is 0 Å². The number of rotatable bonds is 0. The van der Waals surface area contributed by atoms with Gasteiger partial charge in [0, 0.05) is 18.8 Å². The summed E-state index contributed by atoms with van der Waals surface area (Å²) < 4.78 is 0. The minimum atomic E-state index is 0.766. The third kappa shape index (κ3) is 0.695. The van der Waals surface area contributed by atoms with Crippen molar-refractivity contribution in [2.45, 2.75) is 19.8 Å². The quantitative estimate of drug-likeness (QED) is 0.492. The fourth-order valence-electron chi connectivity index (χ4n) is 2.25. The number of hydrogen-bond donors (Lipinski definition) is 0. The summed E-state index contributed by atoms with van der Waals surface area (Å²) in [6.45, 7) is 8.96. The first-order valence-electron chi connectivity index (χ1n) is 4.23. The summed E-state index contributed by atoms with van der Waals surface area (Å²) in [5.41, 5.74) is 1.39. The zero-order valence-electron chi connectivity index (χ0n) is 6.64. The molecule has 2 bridgehead atoms. The van der Waals surface area contributed by atoms with Gasteiger partial charge in [-0.05, 0) is 24.7 Å². The Balaban J connectivity index is 2.20. The van der Waals surface area contributed by atoms with E-state index in [1.165, 1.54) is 31.6 Å². The second-order valence-corrected chi connectivity index (χ2v) is 3.60. The number of hydrogen-bond acceptors (Lipinski definition) is 1. The molecule has 3 aliphatic heterocycles. The maximum absolute atomic E-state index is 4.10. The highest BCUT2D eigenvalue weighted by molar-refractivity contribution is 5.08. The van der Waals surface area contributed by atoms with Gasteiger partial charge in [-0.1, -0.05) is 13.5 Å². The number of nitrogens with zero attached hydrogens (tertiary/aromatic N) is 1. The van der Waals surface area contributed by atoms with Crippen LogP contribution in [0.2, 0.25) is 0 Å². The van der Waals surface area contributed by atoms with Gasteiger partial charge in [-0.2, -0.15) is 0 Å². The van der Waals surface area contributed by atoms with Crippen LogP contribution < -0.4 is 0 Å². The van der Waals surface area contributed by atoms with Gasteiger partial charge in [0.15, 0.2) is 0 Å². The molecule has 0 aliphatic carbocycles. The minimum Gasteiger partial charge on any atom is -0.375 e. The second-order valence-electron chi connectivity index (χ2n) is 3.60. The highest BCUT2D eigenvalue weighted by Gasteiger charge is 2.33. The normalized spacial score (nSPS) is 38.9. The summed E-state index contributed by atoms with van der Waals surface area (Å²) in [7, 11) is 0. The average molecular weight is 137 g/mol. The summed E-state index contributed by atoms with van der Waals surface area (Å²) in [6.07, 6.45) is 2.81. The van der Waals surface area contributed by atoms with Crippen molar-refractivity contribution in [1.29, 1.82) is 0 Å².